The molecule has 5 nitrogen and oxygen atoms in total. The summed E-state index contributed by atoms with van der Waals surface area (Å²) in [5.74, 6) is 0.878. The molecule has 0 bridgehead atoms. The average molecular weight is 365 g/mol. The van der Waals surface area contributed by atoms with Crippen LogP contribution in [-0.2, 0) is 11.3 Å². The molecule has 2 aromatic carbocycles. The van der Waals surface area contributed by atoms with Crippen molar-refractivity contribution in [1.29, 1.82) is 0 Å². The van der Waals surface area contributed by atoms with Gasteiger partial charge < -0.3 is 10.1 Å². The third-order valence-electron chi connectivity index (χ3n) is 4.67. The number of ether oxygens (including phenoxy) is 1. The molecule has 1 atom stereocenters. The average Bonchev–Trinajstić information content (AvgIpc) is 2.99. The van der Waals surface area contributed by atoms with Crippen LogP contribution in [-0.4, -0.2) is 25.3 Å². The molecule has 0 aliphatic carbocycles. The molecule has 0 fully saturated rings. The number of nitrogens with zero attached hydrogens (tertiary/aromatic N) is 2. The van der Waals surface area contributed by atoms with E-state index in [1.54, 1.807) is 6.21 Å². The molecule has 1 unspecified atom stereocenters. The van der Waals surface area contributed by atoms with Crippen LogP contribution in [0.3, 0.4) is 0 Å². The summed E-state index contributed by atoms with van der Waals surface area (Å²) >= 11 is 0. The first-order valence-corrected chi connectivity index (χ1v) is 9.43. The number of carbonyl (C=O) groups is 1. The first-order chi connectivity index (χ1) is 13.1. The molecular formula is C22H27N3O2. The summed E-state index contributed by atoms with van der Waals surface area (Å²) in [7, 11) is 0. The van der Waals surface area contributed by atoms with Crippen LogP contribution < -0.4 is 15.1 Å². The summed E-state index contributed by atoms with van der Waals surface area (Å²) in [6.07, 6.45) is 2.62. The lowest BCUT2D eigenvalue weighted by Crippen LogP contribution is -2.24. The highest BCUT2D eigenvalue weighted by Gasteiger charge is 2.25. The second-order valence-corrected chi connectivity index (χ2v) is 6.97. The van der Waals surface area contributed by atoms with Crippen molar-refractivity contribution in [3.63, 3.8) is 0 Å². The van der Waals surface area contributed by atoms with Crippen molar-refractivity contribution in [3.8, 4) is 5.75 Å². The number of rotatable bonds is 8. The first kappa shape index (κ1) is 19.1. The van der Waals surface area contributed by atoms with E-state index in [0.29, 0.717) is 6.61 Å². The van der Waals surface area contributed by atoms with Crippen LogP contribution in [0.15, 0.2) is 47.6 Å². The Balaban J connectivity index is 1.38. The molecule has 0 saturated heterocycles. The predicted molar refractivity (Wildman–Crippen MR) is 109 cm³/mol. The SMILES string of the molecule is Cc1cccc(C)c1OCCCNCc1ccc(N2N=CC(C)C2=O)cc1. The minimum Gasteiger partial charge on any atom is -0.493 e. The first-order valence-electron chi connectivity index (χ1n) is 9.43. The Morgan fingerprint density at radius 1 is 1.11 bits per heavy atom. The van der Waals surface area contributed by atoms with Gasteiger partial charge in [-0.2, -0.15) is 5.10 Å². The number of amides is 1. The van der Waals surface area contributed by atoms with Crippen LogP contribution in [0.1, 0.15) is 30.0 Å². The summed E-state index contributed by atoms with van der Waals surface area (Å²) < 4.78 is 5.92. The Kier molecular flexibility index (Phi) is 6.24. The second-order valence-electron chi connectivity index (χ2n) is 6.97. The van der Waals surface area contributed by atoms with Gasteiger partial charge in [-0.1, -0.05) is 30.3 Å². The number of carbonyl (C=O) groups excluding carboxylic acids is 1. The molecule has 0 radical (unpaired) electrons. The van der Waals surface area contributed by atoms with E-state index >= 15 is 0 Å². The third-order valence-corrected chi connectivity index (χ3v) is 4.67. The largest absolute Gasteiger partial charge is 0.493 e. The summed E-state index contributed by atoms with van der Waals surface area (Å²) in [4.78, 5) is 12.0. The smallest absolute Gasteiger partial charge is 0.255 e. The van der Waals surface area contributed by atoms with Crippen molar-refractivity contribution >= 4 is 17.8 Å². The minimum absolute atomic E-state index is 0.0183. The lowest BCUT2D eigenvalue weighted by atomic mass is 10.1. The molecule has 142 valence electrons. The van der Waals surface area contributed by atoms with Gasteiger partial charge in [-0.05, 0) is 62.6 Å². The minimum atomic E-state index is -0.142. The van der Waals surface area contributed by atoms with Gasteiger partial charge in [0.25, 0.3) is 5.91 Å². The van der Waals surface area contributed by atoms with Gasteiger partial charge in [0.05, 0.1) is 18.2 Å². The maximum absolute atomic E-state index is 12.0. The van der Waals surface area contributed by atoms with Crippen molar-refractivity contribution < 1.29 is 9.53 Å². The molecule has 1 amide bonds. The molecule has 5 heteroatoms. The molecule has 1 aliphatic rings. The number of hydrogen-bond acceptors (Lipinski definition) is 4. The molecule has 1 aliphatic heterocycles. The van der Waals surface area contributed by atoms with Crippen molar-refractivity contribution in [2.45, 2.75) is 33.7 Å². The summed E-state index contributed by atoms with van der Waals surface area (Å²) in [5, 5.41) is 9.06. The number of para-hydroxylation sites is 1. The van der Waals surface area contributed by atoms with E-state index in [-0.39, 0.29) is 11.8 Å². The van der Waals surface area contributed by atoms with Crippen molar-refractivity contribution in [1.82, 2.24) is 5.32 Å². The molecule has 1 N–H and O–H groups in total. The van der Waals surface area contributed by atoms with Crippen LogP contribution in [0.4, 0.5) is 5.69 Å². The number of nitrogens with one attached hydrogen (secondary N) is 1. The van der Waals surface area contributed by atoms with Crippen LogP contribution in [0.5, 0.6) is 5.75 Å². The Bertz CT molecular complexity index is 795. The maximum Gasteiger partial charge on any atom is 0.255 e. The normalized spacial score (nSPS) is 16.2. The molecule has 0 spiro atoms. The van der Waals surface area contributed by atoms with Gasteiger partial charge in [0.2, 0.25) is 0 Å². The van der Waals surface area contributed by atoms with E-state index in [1.165, 1.54) is 21.7 Å². The van der Waals surface area contributed by atoms with Crippen molar-refractivity contribution in [2.24, 2.45) is 11.0 Å². The van der Waals surface area contributed by atoms with Gasteiger partial charge in [0.15, 0.2) is 0 Å². The Morgan fingerprint density at radius 2 is 1.81 bits per heavy atom. The lowest BCUT2D eigenvalue weighted by Gasteiger charge is -2.14. The van der Waals surface area contributed by atoms with Crippen LogP contribution in [0.25, 0.3) is 0 Å². The lowest BCUT2D eigenvalue weighted by molar-refractivity contribution is -0.119. The number of anilines is 1. The topological polar surface area (TPSA) is 53.9 Å². The van der Waals surface area contributed by atoms with E-state index in [2.05, 4.69) is 42.5 Å². The fourth-order valence-electron chi connectivity index (χ4n) is 3.06. The van der Waals surface area contributed by atoms with Crippen molar-refractivity contribution in [3.05, 3.63) is 59.2 Å². The van der Waals surface area contributed by atoms with Crippen LogP contribution in [0, 0.1) is 19.8 Å². The summed E-state index contributed by atoms with van der Waals surface area (Å²) in [6, 6.07) is 14.1. The summed E-state index contributed by atoms with van der Waals surface area (Å²) in [5.41, 5.74) is 4.35. The molecule has 1 heterocycles. The fraction of sp³-hybridized carbons (Fsp3) is 0.364. The molecule has 0 saturated carbocycles. The van der Waals surface area contributed by atoms with Gasteiger partial charge >= 0.3 is 0 Å². The van der Waals surface area contributed by atoms with Gasteiger partial charge in [-0.15, -0.1) is 0 Å². The van der Waals surface area contributed by atoms with Crippen LogP contribution >= 0.6 is 0 Å². The van der Waals surface area contributed by atoms with E-state index < -0.39 is 0 Å². The number of hydrazone groups is 1. The zero-order valence-electron chi connectivity index (χ0n) is 16.2. The Hall–Kier alpha value is -2.66. The molecule has 2 aromatic rings. The molecular weight excluding hydrogens is 338 g/mol. The predicted octanol–water partition coefficient (Wildman–Crippen LogP) is 3.83. The summed E-state index contributed by atoms with van der Waals surface area (Å²) in [6.45, 7) is 8.38. The Labute approximate surface area is 161 Å². The van der Waals surface area contributed by atoms with Gasteiger partial charge in [0, 0.05) is 12.8 Å². The molecule has 27 heavy (non-hydrogen) atoms. The van der Waals surface area contributed by atoms with E-state index in [9.17, 15) is 4.79 Å². The van der Waals surface area contributed by atoms with E-state index in [4.69, 9.17) is 4.74 Å². The monoisotopic (exact) mass is 365 g/mol. The zero-order valence-corrected chi connectivity index (χ0v) is 16.2. The second kappa shape index (κ2) is 8.82. The van der Waals surface area contributed by atoms with E-state index in [0.717, 1.165) is 30.9 Å². The van der Waals surface area contributed by atoms with Crippen LogP contribution in [0.2, 0.25) is 0 Å². The maximum atomic E-state index is 12.0. The highest BCUT2D eigenvalue weighted by molar-refractivity contribution is 6.07. The zero-order chi connectivity index (χ0) is 19.2. The van der Waals surface area contributed by atoms with E-state index in [1.807, 2.05) is 31.2 Å². The quantitative estimate of drug-likeness (QED) is 0.724. The van der Waals surface area contributed by atoms with Gasteiger partial charge in [-0.25, -0.2) is 5.01 Å². The molecule has 3 rings (SSSR count). The standard InChI is InChI=1S/C22H27N3O2/c1-16-6-4-7-17(2)21(16)27-13-5-12-23-15-19-8-10-20(11-9-19)25-22(26)18(3)14-24-25/h4,6-11,14,18,23H,5,12-13,15H2,1-3H3. The fourth-order valence-corrected chi connectivity index (χ4v) is 3.06. The van der Waals surface area contributed by atoms with Crippen molar-refractivity contribution in [2.75, 3.05) is 18.2 Å². The Morgan fingerprint density at radius 3 is 2.44 bits per heavy atom. The van der Waals surface area contributed by atoms with Gasteiger partial charge in [-0.3, -0.25) is 4.79 Å². The highest BCUT2D eigenvalue weighted by Crippen LogP contribution is 2.22. The highest BCUT2D eigenvalue weighted by atomic mass is 16.5. The van der Waals surface area contributed by atoms with Gasteiger partial charge in [0.1, 0.15) is 5.75 Å². The number of aryl methyl sites for hydroxylation is 2. The molecule has 0 aromatic heterocycles. The number of benzene rings is 2. The third kappa shape index (κ3) is 4.74. The number of hydrogen-bond donors (Lipinski definition) is 1.